The standard InChI is InChI=1S/C14H22ClNOS/c1-4-16-11(2)13-10-12(15)6-7-14(13)17-8-5-9-18-3/h6-7,10-11,16H,4-5,8-9H2,1-3H3. The van der Waals surface area contributed by atoms with Gasteiger partial charge in [-0.05, 0) is 50.1 Å². The SMILES string of the molecule is CCNC(C)c1cc(Cl)ccc1OCCCSC. The van der Waals surface area contributed by atoms with Crippen LogP contribution in [0.2, 0.25) is 5.02 Å². The molecule has 1 atom stereocenters. The molecule has 0 radical (unpaired) electrons. The van der Waals surface area contributed by atoms with Gasteiger partial charge in [-0.15, -0.1) is 0 Å². The molecular formula is C14H22ClNOS. The molecule has 0 fully saturated rings. The lowest BCUT2D eigenvalue weighted by Gasteiger charge is -2.18. The molecule has 2 nitrogen and oxygen atoms in total. The predicted octanol–water partition coefficient (Wildman–Crippen LogP) is 4.14. The van der Waals surface area contributed by atoms with E-state index in [4.69, 9.17) is 16.3 Å². The lowest BCUT2D eigenvalue weighted by molar-refractivity contribution is 0.312. The van der Waals surface area contributed by atoms with Crippen LogP contribution in [0, 0.1) is 0 Å². The van der Waals surface area contributed by atoms with E-state index in [1.54, 1.807) is 0 Å². The lowest BCUT2D eigenvalue weighted by atomic mass is 10.1. The van der Waals surface area contributed by atoms with Crippen LogP contribution in [-0.2, 0) is 0 Å². The number of benzene rings is 1. The number of hydrogen-bond donors (Lipinski definition) is 1. The molecule has 0 amide bonds. The van der Waals surface area contributed by atoms with E-state index in [9.17, 15) is 0 Å². The van der Waals surface area contributed by atoms with E-state index < -0.39 is 0 Å². The number of thioether (sulfide) groups is 1. The van der Waals surface area contributed by atoms with Crippen molar-refractivity contribution in [3.8, 4) is 5.75 Å². The molecule has 1 aromatic carbocycles. The van der Waals surface area contributed by atoms with Crippen LogP contribution < -0.4 is 10.1 Å². The molecule has 0 bridgehead atoms. The molecular weight excluding hydrogens is 266 g/mol. The predicted molar refractivity (Wildman–Crippen MR) is 82.0 cm³/mol. The lowest BCUT2D eigenvalue weighted by Crippen LogP contribution is -2.18. The molecule has 1 N–H and O–H groups in total. The minimum absolute atomic E-state index is 0.254. The third-order valence-electron chi connectivity index (χ3n) is 2.70. The monoisotopic (exact) mass is 287 g/mol. The molecule has 1 aromatic rings. The first-order valence-corrected chi connectivity index (χ1v) is 8.10. The Labute approximate surface area is 119 Å². The molecule has 0 aliphatic heterocycles. The summed E-state index contributed by atoms with van der Waals surface area (Å²) >= 11 is 7.90. The zero-order valence-corrected chi connectivity index (χ0v) is 12.9. The van der Waals surface area contributed by atoms with Gasteiger partial charge in [-0.1, -0.05) is 18.5 Å². The number of ether oxygens (including phenoxy) is 1. The molecule has 18 heavy (non-hydrogen) atoms. The smallest absolute Gasteiger partial charge is 0.124 e. The first kappa shape index (κ1) is 15.7. The van der Waals surface area contributed by atoms with Gasteiger partial charge in [-0.3, -0.25) is 0 Å². The average Bonchev–Trinajstić information content (AvgIpc) is 2.36. The third kappa shape index (κ3) is 5.09. The number of hydrogen-bond acceptors (Lipinski definition) is 3. The Morgan fingerprint density at radius 2 is 2.22 bits per heavy atom. The second kappa shape index (κ2) is 8.68. The van der Waals surface area contributed by atoms with Crippen molar-refractivity contribution >= 4 is 23.4 Å². The maximum atomic E-state index is 6.06. The Kier molecular flexibility index (Phi) is 7.56. The maximum absolute atomic E-state index is 6.06. The first-order valence-electron chi connectivity index (χ1n) is 6.33. The summed E-state index contributed by atoms with van der Waals surface area (Å²) in [5.74, 6) is 2.07. The molecule has 1 rings (SSSR count). The van der Waals surface area contributed by atoms with Gasteiger partial charge in [0.1, 0.15) is 5.75 Å². The molecule has 1 unspecified atom stereocenters. The van der Waals surface area contributed by atoms with Crippen LogP contribution >= 0.6 is 23.4 Å². The van der Waals surface area contributed by atoms with Crippen molar-refractivity contribution in [2.24, 2.45) is 0 Å². The van der Waals surface area contributed by atoms with E-state index in [2.05, 4.69) is 25.4 Å². The molecule has 4 heteroatoms. The molecule has 0 aliphatic carbocycles. The fourth-order valence-corrected chi connectivity index (χ4v) is 2.38. The van der Waals surface area contributed by atoms with Crippen LogP contribution in [0.4, 0.5) is 0 Å². The summed E-state index contributed by atoms with van der Waals surface area (Å²) in [5.41, 5.74) is 1.13. The van der Waals surface area contributed by atoms with Gasteiger partial charge in [0.2, 0.25) is 0 Å². The van der Waals surface area contributed by atoms with Crippen LogP contribution in [-0.4, -0.2) is 25.2 Å². The van der Waals surface area contributed by atoms with Crippen LogP contribution in [0.1, 0.15) is 31.9 Å². The van der Waals surface area contributed by atoms with E-state index in [-0.39, 0.29) is 6.04 Å². The van der Waals surface area contributed by atoms with Crippen molar-refractivity contribution in [2.75, 3.05) is 25.2 Å². The zero-order valence-electron chi connectivity index (χ0n) is 11.3. The van der Waals surface area contributed by atoms with Crippen LogP contribution in [0.15, 0.2) is 18.2 Å². The summed E-state index contributed by atoms with van der Waals surface area (Å²) in [6.45, 7) is 5.91. The number of nitrogens with one attached hydrogen (secondary N) is 1. The molecule has 0 saturated carbocycles. The van der Waals surface area contributed by atoms with Crippen LogP contribution in [0.3, 0.4) is 0 Å². The van der Waals surface area contributed by atoms with Crippen molar-refractivity contribution in [3.05, 3.63) is 28.8 Å². The molecule has 102 valence electrons. The largest absolute Gasteiger partial charge is 0.493 e. The van der Waals surface area contributed by atoms with Gasteiger partial charge in [0.15, 0.2) is 0 Å². The Hall–Kier alpha value is -0.380. The summed E-state index contributed by atoms with van der Waals surface area (Å²) in [5, 5.41) is 4.14. The highest BCUT2D eigenvalue weighted by Crippen LogP contribution is 2.28. The van der Waals surface area contributed by atoms with Gasteiger partial charge in [0.05, 0.1) is 6.61 Å². The van der Waals surface area contributed by atoms with Crippen molar-refractivity contribution in [1.29, 1.82) is 0 Å². The maximum Gasteiger partial charge on any atom is 0.124 e. The fourth-order valence-electron chi connectivity index (χ4n) is 1.79. The number of rotatable bonds is 8. The third-order valence-corrected chi connectivity index (χ3v) is 3.63. The zero-order chi connectivity index (χ0) is 13.4. The molecule has 0 aromatic heterocycles. The average molecular weight is 288 g/mol. The second-order valence-corrected chi connectivity index (χ2v) is 5.58. The topological polar surface area (TPSA) is 21.3 Å². The van der Waals surface area contributed by atoms with E-state index in [1.807, 2.05) is 30.0 Å². The first-order chi connectivity index (χ1) is 8.69. The fraction of sp³-hybridized carbons (Fsp3) is 0.571. The van der Waals surface area contributed by atoms with Crippen LogP contribution in [0.5, 0.6) is 5.75 Å². The summed E-state index contributed by atoms with van der Waals surface area (Å²) in [6, 6.07) is 6.08. The van der Waals surface area contributed by atoms with Gasteiger partial charge < -0.3 is 10.1 Å². The summed E-state index contributed by atoms with van der Waals surface area (Å²) in [7, 11) is 0. The summed E-state index contributed by atoms with van der Waals surface area (Å²) in [6.07, 6.45) is 3.18. The Balaban J connectivity index is 2.70. The highest BCUT2D eigenvalue weighted by atomic mass is 35.5. The van der Waals surface area contributed by atoms with E-state index in [0.29, 0.717) is 0 Å². The van der Waals surface area contributed by atoms with Gasteiger partial charge in [-0.25, -0.2) is 0 Å². The Bertz CT molecular complexity index is 360. The highest BCUT2D eigenvalue weighted by Gasteiger charge is 2.11. The minimum atomic E-state index is 0.254. The summed E-state index contributed by atoms with van der Waals surface area (Å²) < 4.78 is 5.85. The van der Waals surface area contributed by atoms with Gasteiger partial charge >= 0.3 is 0 Å². The molecule has 0 spiro atoms. The van der Waals surface area contributed by atoms with Crippen molar-refractivity contribution < 1.29 is 4.74 Å². The van der Waals surface area contributed by atoms with Gasteiger partial charge in [0, 0.05) is 16.6 Å². The van der Waals surface area contributed by atoms with Crippen LogP contribution in [0.25, 0.3) is 0 Å². The van der Waals surface area contributed by atoms with E-state index >= 15 is 0 Å². The van der Waals surface area contributed by atoms with Gasteiger partial charge in [-0.2, -0.15) is 11.8 Å². The normalized spacial score (nSPS) is 12.4. The highest BCUT2D eigenvalue weighted by molar-refractivity contribution is 7.98. The molecule has 0 saturated heterocycles. The van der Waals surface area contributed by atoms with Crippen molar-refractivity contribution in [1.82, 2.24) is 5.32 Å². The molecule has 0 aliphatic rings. The second-order valence-electron chi connectivity index (χ2n) is 4.16. The van der Waals surface area contributed by atoms with Crippen molar-refractivity contribution in [3.63, 3.8) is 0 Å². The Morgan fingerprint density at radius 1 is 1.44 bits per heavy atom. The summed E-state index contributed by atoms with van der Waals surface area (Å²) in [4.78, 5) is 0. The molecule has 0 heterocycles. The van der Waals surface area contributed by atoms with Crippen molar-refractivity contribution in [2.45, 2.75) is 26.3 Å². The number of halogens is 1. The van der Waals surface area contributed by atoms with E-state index in [1.165, 1.54) is 0 Å². The van der Waals surface area contributed by atoms with Gasteiger partial charge in [0.25, 0.3) is 0 Å². The minimum Gasteiger partial charge on any atom is -0.493 e. The van der Waals surface area contributed by atoms with E-state index in [0.717, 1.165) is 41.7 Å². The quantitative estimate of drug-likeness (QED) is 0.726. The Morgan fingerprint density at radius 3 is 2.89 bits per heavy atom.